The summed E-state index contributed by atoms with van der Waals surface area (Å²) >= 11 is 6.26. The Morgan fingerprint density at radius 1 is 1.00 bits per heavy atom. The number of nitrogens with one attached hydrogen (secondary N) is 1. The number of thiocarbonyl (C=S) groups is 1. The van der Waals surface area contributed by atoms with Crippen molar-refractivity contribution in [1.29, 1.82) is 0 Å². The van der Waals surface area contributed by atoms with Crippen LogP contribution in [0.15, 0.2) is 47.4 Å². The van der Waals surface area contributed by atoms with E-state index >= 15 is 0 Å². The van der Waals surface area contributed by atoms with E-state index in [1.165, 1.54) is 22.9 Å². The molecule has 0 radical (unpaired) electrons. The molecule has 6 heteroatoms. The highest BCUT2D eigenvalue weighted by Gasteiger charge is 2.21. The van der Waals surface area contributed by atoms with Gasteiger partial charge in [0.25, 0.3) is 5.91 Å². The second-order valence-electron chi connectivity index (χ2n) is 6.22. The predicted octanol–water partition coefficient (Wildman–Crippen LogP) is 4.64. The summed E-state index contributed by atoms with van der Waals surface area (Å²) in [6, 6.07) is 13.7. The van der Waals surface area contributed by atoms with Gasteiger partial charge in [-0.1, -0.05) is 42.2 Å². The molecular formula is C21H21NO3S2. The van der Waals surface area contributed by atoms with Gasteiger partial charge < -0.3 is 14.8 Å². The van der Waals surface area contributed by atoms with E-state index in [0.717, 1.165) is 23.5 Å². The van der Waals surface area contributed by atoms with Crippen molar-refractivity contribution in [2.75, 3.05) is 13.2 Å². The number of rotatable bonds is 7. The summed E-state index contributed by atoms with van der Waals surface area (Å²) in [5, 5.41) is 2.61. The summed E-state index contributed by atoms with van der Waals surface area (Å²) in [4.78, 5) is 12.3. The molecule has 2 aromatic carbocycles. The average Bonchev–Trinajstić information content (AvgIpc) is 2.96. The number of benzene rings is 2. The van der Waals surface area contributed by atoms with Crippen LogP contribution in [0.1, 0.15) is 23.1 Å². The molecule has 3 rings (SSSR count). The topological polar surface area (TPSA) is 47.6 Å². The van der Waals surface area contributed by atoms with Crippen molar-refractivity contribution in [2.24, 2.45) is 0 Å². The van der Waals surface area contributed by atoms with E-state index in [1.54, 1.807) is 0 Å². The van der Waals surface area contributed by atoms with Crippen molar-refractivity contribution in [2.45, 2.75) is 20.3 Å². The Labute approximate surface area is 168 Å². The first-order chi connectivity index (χ1) is 13.0. The second kappa shape index (κ2) is 9.06. The Hall–Kier alpha value is -2.31. The van der Waals surface area contributed by atoms with Gasteiger partial charge in [0.05, 0.1) is 18.1 Å². The van der Waals surface area contributed by atoms with Crippen LogP contribution in [-0.2, 0) is 4.79 Å². The fraction of sp³-hybridized carbons (Fsp3) is 0.238. The number of carbonyl (C=O) groups excluding carboxylic acids is 1. The number of ether oxygens (including phenoxy) is 2. The summed E-state index contributed by atoms with van der Waals surface area (Å²) < 4.78 is 12.0. The Morgan fingerprint density at radius 2 is 1.67 bits per heavy atom. The SMILES string of the molecule is Cc1ccc(OCCCOc2ccc(C=C3SC(=S)NC3=O)cc2)cc1C. The molecular weight excluding hydrogens is 378 g/mol. The molecule has 1 fully saturated rings. The standard InChI is InChI=1S/C21H21NO3S2/c1-14-4-7-18(12-15(14)2)25-11-3-10-24-17-8-5-16(6-9-17)13-19-20(23)22-21(26)27-19/h4-9,12-13H,3,10-11H2,1-2H3,(H,22,23,26). The minimum absolute atomic E-state index is 0.144. The zero-order valence-electron chi connectivity index (χ0n) is 15.3. The van der Waals surface area contributed by atoms with Gasteiger partial charge in [-0.05, 0) is 60.9 Å². The normalized spacial score (nSPS) is 15.1. The number of carbonyl (C=O) groups is 1. The van der Waals surface area contributed by atoms with E-state index in [0.29, 0.717) is 22.4 Å². The van der Waals surface area contributed by atoms with E-state index < -0.39 is 0 Å². The monoisotopic (exact) mass is 399 g/mol. The van der Waals surface area contributed by atoms with Crippen molar-refractivity contribution >= 4 is 40.3 Å². The number of hydrogen-bond acceptors (Lipinski definition) is 5. The van der Waals surface area contributed by atoms with Gasteiger partial charge in [0.1, 0.15) is 15.8 Å². The first-order valence-electron chi connectivity index (χ1n) is 8.69. The third-order valence-electron chi connectivity index (χ3n) is 4.12. The Bertz CT molecular complexity index is 875. The van der Waals surface area contributed by atoms with Gasteiger partial charge in [0.2, 0.25) is 0 Å². The van der Waals surface area contributed by atoms with Crippen molar-refractivity contribution in [3.05, 3.63) is 64.1 Å². The highest BCUT2D eigenvalue weighted by molar-refractivity contribution is 8.26. The lowest BCUT2D eigenvalue weighted by atomic mass is 10.1. The molecule has 1 heterocycles. The molecule has 140 valence electrons. The maximum Gasteiger partial charge on any atom is 0.263 e. The lowest BCUT2D eigenvalue weighted by Gasteiger charge is -2.09. The van der Waals surface area contributed by atoms with E-state index in [1.807, 2.05) is 36.4 Å². The van der Waals surface area contributed by atoms with Crippen molar-refractivity contribution in [3.8, 4) is 11.5 Å². The molecule has 27 heavy (non-hydrogen) atoms. The summed E-state index contributed by atoms with van der Waals surface area (Å²) in [5.74, 6) is 1.54. The van der Waals surface area contributed by atoms with Crippen LogP contribution in [-0.4, -0.2) is 23.4 Å². The highest BCUT2D eigenvalue weighted by Crippen LogP contribution is 2.26. The zero-order valence-corrected chi connectivity index (χ0v) is 16.9. The van der Waals surface area contributed by atoms with Gasteiger partial charge in [0.15, 0.2) is 0 Å². The minimum atomic E-state index is -0.144. The minimum Gasteiger partial charge on any atom is -0.493 e. The molecule has 0 bridgehead atoms. The van der Waals surface area contributed by atoms with Gasteiger partial charge in [0, 0.05) is 6.42 Å². The smallest absolute Gasteiger partial charge is 0.263 e. The summed E-state index contributed by atoms with van der Waals surface area (Å²) in [6.45, 7) is 5.36. The van der Waals surface area contributed by atoms with E-state index in [4.69, 9.17) is 21.7 Å². The maximum atomic E-state index is 11.7. The van der Waals surface area contributed by atoms with Crippen LogP contribution in [0, 0.1) is 13.8 Å². The van der Waals surface area contributed by atoms with Crippen LogP contribution in [0.5, 0.6) is 11.5 Å². The number of thioether (sulfide) groups is 1. The number of hydrogen-bond donors (Lipinski definition) is 1. The largest absolute Gasteiger partial charge is 0.493 e. The summed E-state index contributed by atoms with van der Waals surface area (Å²) in [7, 11) is 0. The first kappa shape index (κ1) is 19.5. The van der Waals surface area contributed by atoms with Gasteiger partial charge in [-0.25, -0.2) is 0 Å². The van der Waals surface area contributed by atoms with Gasteiger partial charge >= 0.3 is 0 Å². The molecule has 0 unspecified atom stereocenters. The summed E-state index contributed by atoms with van der Waals surface area (Å²) in [6.07, 6.45) is 2.62. The molecule has 4 nitrogen and oxygen atoms in total. The first-order valence-corrected chi connectivity index (χ1v) is 9.91. The molecule has 2 aromatic rings. The third kappa shape index (κ3) is 5.58. The number of aryl methyl sites for hydroxylation is 2. The fourth-order valence-corrected chi connectivity index (χ4v) is 3.52. The van der Waals surface area contributed by atoms with Gasteiger partial charge in [-0.15, -0.1) is 0 Å². The van der Waals surface area contributed by atoms with Crippen LogP contribution in [0.3, 0.4) is 0 Å². The second-order valence-corrected chi connectivity index (χ2v) is 7.94. The Balaban J connectivity index is 1.42. The van der Waals surface area contributed by atoms with Crippen LogP contribution < -0.4 is 14.8 Å². The number of amides is 1. The molecule has 1 aliphatic rings. The highest BCUT2D eigenvalue weighted by atomic mass is 32.2. The zero-order chi connectivity index (χ0) is 19.2. The van der Waals surface area contributed by atoms with Crippen molar-refractivity contribution in [1.82, 2.24) is 5.32 Å². The van der Waals surface area contributed by atoms with Crippen molar-refractivity contribution < 1.29 is 14.3 Å². The van der Waals surface area contributed by atoms with E-state index in [9.17, 15) is 4.79 Å². The Kier molecular flexibility index (Phi) is 6.53. The molecule has 0 aliphatic carbocycles. The molecule has 0 aromatic heterocycles. The van der Waals surface area contributed by atoms with Gasteiger partial charge in [-0.3, -0.25) is 4.79 Å². The molecule has 1 saturated heterocycles. The quantitative estimate of drug-likeness (QED) is 0.418. The van der Waals surface area contributed by atoms with Gasteiger partial charge in [-0.2, -0.15) is 0 Å². The third-order valence-corrected chi connectivity index (χ3v) is 5.29. The lowest BCUT2D eigenvalue weighted by Crippen LogP contribution is -2.17. The van der Waals surface area contributed by atoms with Crippen LogP contribution in [0.2, 0.25) is 0 Å². The predicted molar refractivity (Wildman–Crippen MR) is 114 cm³/mol. The van der Waals surface area contributed by atoms with E-state index in [2.05, 4.69) is 31.3 Å². The fourth-order valence-electron chi connectivity index (χ4n) is 2.48. The molecule has 1 amide bonds. The molecule has 0 atom stereocenters. The maximum absolute atomic E-state index is 11.7. The molecule has 1 aliphatic heterocycles. The lowest BCUT2D eigenvalue weighted by molar-refractivity contribution is -0.115. The van der Waals surface area contributed by atoms with Crippen molar-refractivity contribution in [3.63, 3.8) is 0 Å². The van der Waals surface area contributed by atoms with E-state index in [-0.39, 0.29) is 5.91 Å². The average molecular weight is 400 g/mol. The molecule has 1 N–H and O–H groups in total. The van der Waals surface area contributed by atoms with Crippen LogP contribution in [0.25, 0.3) is 6.08 Å². The van der Waals surface area contributed by atoms with Crippen LogP contribution in [0.4, 0.5) is 0 Å². The summed E-state index contributed by atoms with van der Waals surface area (Å²) in [5.41, 5.74) is 3.43. The Morgan fingerprint density at radius 3 is 2.30 bits per heavy atom. The molecule has 0 saturated carbocycles. The molecule has 0 spiro atoms. The van der Waals surface area contributed by atoms with Crippen LogP contribution >= 0.6 is 24.0 Å².